The molecule has 0 bridgehead atoms. The second kappa shape index (κ2) is 8.75. The molecular formula is C13H17FN2O5. The van der Waals surface area contributed by atoms with Crippen molar-refractivity contribution in [2.45, 2.75) is 6.92 Å². The van der Waals surface area contributed by atoms with Crippen molar-refractivity contribution >= 4 is 17.7 Å². The van der Waals surface area contributed by atoms with E-state index in [9.17, 15) is 14.0 Å². The minimum Gasteiger partial charge on any atom is -0.491 e. The van der Waals surface area contributed by atoms with Crippen molar-refractivity contribution in [1.29, 1.82) is 0 Å². The molecule has 0 aliphatic carbocycles. The van der Waals surface area contributed by atoms with Gasteiger partial charge in [0, 0.05) is 18.3 Å². The van der Waals surface area contributed by atoms with Crippen molar-refractivity contribution in [3.63, 3.8) is 0 Å². The van der Waals surface area contributed by atoms with Crippen LogP contribution in [0.25, 0.3) is 0 Å². The quantitative estimate of drug-likeness (QED) is 0.631. The second-order valence-corrected chi connectivity index (χ2v) is 3.91. The van der Waals surface area contributed by atoms with E-state index in [4.69, 9.17) is 14.6 Å². The first-order chi connectivity index (χ1) is 10.0. The van der Waals surface area contributed by atoms with Gasteiger partial charge in [-0.2, -0.15) is 0 Å². The highest BCUT2D eigenvalue weighted by Gasteiger charge is 2.06. The van der Waals surface area contributed by atoms with Crippen LogP contribution in [0.2, 0.25) is 0 Å². The van der Waals surface area contributed by atoms with E-state index in [1.807, 2.05) is 0 Å². The number of carboxylic acid groups (broad SMARTS) is 1. The number of benzene rings is 1. The molecule has 0 spiro atoms. The number of carbonyl (C=O) groups excluding carboxylic acids is 1. The van der Waals surface area contributed by atoms with E-state index >= 15 is 0 Å². The lowest BCUT2D eigenvalue weighted by Crippen LogP contribution is -2.32. The van der Waals surface area contributed by atoms with Crippen LogP contribution in [0.4, 0.5) is 14.9 Å². The maximum atomic E-state index is 13.5. The van der Waals surface area contributed by atoms with Gasteiger partial charge in [0.1, 0.15) is 6.61 Å². The zero-order valence-corrected chi connectivity index (χ0v) is 11.5. The lowest BCUT2D eigenvalue weighted by atomic mass is 10.3. The van der Waals surface area contributed by atoms with Gasteiger partial charge in [-0.25, -0.2) is 14.0 Å². The largest absolute Gasteiger partial charge is 0.491 e. The van der Waals surface area contributed by atoms with Crippen molar-refractivity contribution < 1.29 is 28.6 Å². The van der Waals surface area contributed by atoms with E-state index in [1.165, 1.54) is 12.1 Å². The summed E-state index contributed by atoms with van der Waals surface area (Å²) in [6, 6.07) is 3.53. The average Bonchev–Trinajstić information content (AvgIpc) is 2.41. The molecule has 7 nitrogen and oxygen atoms in total. The van der Waals surface area contributed by atoms with Gasteiger partial charge >= 0.3 is 12.0 Å². The second-order valence-electron chi connectivity index (χ2n) is 3.91. The van der Waals surface area contributed by atoms with Crippen molar-refractivity contribution in [2.24, 2.45) is 0 Å². The standard InChI is InChI=1S/C13H17FN2O5/c1-2-21-11-4-3-9(7-10(11)14)16-13(19)15-5-6-20-8-12(17)18/h3-4,7H,2,5-6,8H2,1H3,(H,17,18)(H2,15,16,19). The molecule has 0 saturated heterocycles. The highest BCUT2D eigenvalue weighted by molar-refractivity contribution is 5.89. The van der Waals surface area contributed by atoms with Crippen molar-refractivity contribution in [3.8, 4) is 5.75 Å². The molecule has 3 N–H and O–H groups in total. The van der Waals surface area contributed by atoms with Crippen LogP contribution < -0.4 is 15.4 Å². The number of carboxylic acids is 1. The highest BCUT2D eigenvalue weighted by atomic mass is 19.1. The third-order valence-electron chi connectivity index (χ3n) is 2.25. The van der Waals surface area contributed by atoms with E-state index in [0.29, 0.717) is 6.61 Å². The van der Waals surface area contributed by atoms with Gasteiger partial charge < -0.3 is 25.2 Å². The Labute approximate surface area is 121 Å². The topological polar surface area (TPSA) is 96.9 Å². The molecule has 8 heteroatoms. The number of ether oxygens (including phenoxy) is 2. The fourth-order valence-electron chi connectivity index (χ4n) is 1.42. The summed E-state index contributed by atoms with van der Waals surface area (Å²) in [5.74, 6) is -1.53. The van der Waals surface area contributed by atoms with Crippen molar-refractivity contribution in [1.82, 2.24) is 5.32 Å². The van der Waals surface area contributed by atoms with E-state index in [1.54, 1.807) is 6.92 Å². The lowest BCUT2D eigenvalue weighted by molar-refractivity contribution is -0.142. The molecule has 1 rings (SSSR count). The molecule has 0 unspecified atom stereocenters. The SMILES string of the molecule is CCOc1ccc(NC(=O)NCCOCC(=O)O)cc1F. The number of urea groups is 1. The first kappa shape index (κ1) is 16.7. The molecular weight excluding hydrogens is 283 g/mol. The Morgan fingerprint density at radius 3 is 2.76 bits per heavy atom. The van der Waals surface area contributed by atoms with Crippen LogP contribution in [-0.2, 0) is 9.53 Å². The van der Waals surface area contributed by atoms with Crippen molar-refractivity contribution in [3.05, 3.63) is 24.0 Å². The normalized spacial score (nSPS) is 10.0. The zero-order chi connectivity index (χ0) is 15.7. The Balaban J connectivity index is 2.34. The molecule has 1 aromatic rings. The number of nitrogens with one attached hydrogen (secondary N) is 2. The number of amides is 2. The van der Waals surface area contributed by atoms with E-state index in [-0.39, 0.29) is 24.6 Å². The molecule has 2 amide bonds. The maximum absolute atomic E-state index is 13.5. The molecule has 21 heavy (non-hydrogen) atoms. The molecule has 0 fully saturated rings. The van der Waals surface area contributed by atoms with Gasteiger partial charge in [-0.05, 0) is 19.1 Å². The molecule has 0 heterocycles. The summed E-state index contributed by atoms with van der Waals surface area (Å²) in [5.41, 5.74) is 0.278. The summed E-state index contributed by atoms with van der Waals surface area (Å²) < 4.78 is 23.3. The Hall–Kier alpha value is -2.35. The maximum Gasteiger partial charge on any atom is 0.329 e. The summed E-state index contributed by atoms with van der Waals surface area (Å²) in [6.45, 7) is 1.87. The Morgan fingerprint density at radius 1 is 1.38 bits per heavy atom. The van der Waals surface area contributed by atoms with Crippen LogP contribution in [0.3, 0.4) is 0 Å². The molecule has 0 aliphatic rings. The molecule has 0 aliphatic heterocycles. The van der Waals surface area contributed by atoms with Crippen LogP contribution in [-0.4, -0.2) is 43.5 Å². The summed E-state index contributed by atoms with van der Waals surface area (Å²) in [4.78, 5) is 21.7. The molecule has 0 atom stereocenters. The van der Waals surface area contributed by atoms with Crippen LogP contribution in [0, 0.1) is 5.82 Å². The number of halogens is 1. The van der Waals surface area contributed by atoms with Gasteiger partial charge in [0.25, 0.3) is 0 Å². The van der Waals surface area contributed by atoms with Gasteiger partial charge in [-0.15, -0.1) is 0 Å². The first-order valence-electron chi connectivity index (χ1n) is 6.29. The lowest BCUT2D eigenvalue weighted by Gasteiger charge is -2.09. The molecule has 1 aromatic carbocycles. The smallest absolute Gasteiger partial charge is 0.329 e. The third-order valence-corrected chi connectivity index (χ3v) is 2.25. The zero-order valence-electron chi connectivity index (χ0n) is 11.5. The Bertz CT molecular complexity index is 495. The van der Waals surface area contributed by atoms with Gasteiger partial charge in [0.15, 0.2) is 11.6 Å². The van der Waals surface area contributed by atoms with Gasteiger partial charge in [-0.3, -0.25) is 0 Å². The Morgan fingerprint density at radius 2 is 2.14 bits per heavy atom. The summed E-state index contributed by atoms with van der Waals surface area (Å²) >= 11 is 0. The number of hydrogen-bond donors (Lipinski definition) is 3. The van der Waals surface area contributed by atoms with Crippen LogP contribution in [0.15, 0.2) is 18.2 Å². The Kier molecular flexibility index (Phi) is 6.96. The summed E-state index contributed by atoms with van der Waals surface area (Å²) in [6.07, 6.45) is 0. The predicted molar refractivity (Wildman–Crippen MR) is 73.0 cm³/mol. The van der Waals surface area contributed by atoms with E-state index < -0.39 is 24.4 Å². The minimum absolute atomic E-state index is 0.0668. The first-order valence-corrected chi connectivity index (χ1v) is 6.29. The van der Waals surface area contributed by atoms with Crippen LogP contribution in [0.5, 0.6) is 5.75 Å². The van der Waals surface area contributed by atoms with E-state index in [2.05, 4.69) is 10.6 Å². The van der Waals surface area contributed by atoms with Crippen LogP contribution >= 0.6 is 0 Å². The monoisotopic (exact) mass is 300 g/mol. The molecule has 0 aromatic heterocycles. The minimum atomic E-state index is -1.08. The summed E-state index contributed by atoms with van der Waals surface area (Å²) in [5, 5.41) is 13.2. The number of rotatable bonds is 8. The predicted octanol–water partition coefficient (Wildman–Crippen LogP) is 1.45. The number of anilines is 1. The third kappa shape index (κ3) is 6.57. The van der Waals surface area contributed by atoms with Gasteiger partial charge in [0.05, 0.1) is 13.2 Å². The highest BCUT2D eigenvalue weighted by Crippen LogP contribution is 2.20. The fraction of sp³-hybridized carbons (Fsp3) is 0.385. The van der Waals surface area contributed by atoms with Gasteiger partial charge in [-0.1, -0.05) is 0 Å². The van der Waals surface area contributed by atoms with Crippen molar-refractivity contribution in [2.75, 3.05) is 31.7 Å². The van der Waals surface area contributed by atoms with Crippen LogP contribution in [0.1, 0.15) is 6.92 Å². The van der Waals surface area contributed by atoms with Gasteiger partial charge in [0.2, 0.25) is 0 Å². The average molecular weight is 300 g/mol. The fourth-order valence-corrected chi connectivity index (χ4v) is 1.42. The summed E-state index contributed by atoms with van der Waals surface area (Å²) in [7, 11) is 0. The molecule has 116 valence electrons. The van der Waals surface area contributed by atoms with E-state index in [0.717, 1.165) is 6.07 Å². The molecule has 0 saturated carbocycles. The molecule has 0 radical (unpaired) electrons. The number of carbonyl (C=O) groups is 2. The number of aliphatic carboxylic acids is 1. The number of hydrogen-bond acceptors (Lipinski definition) is 4.